The highest BCUT2D eigenvalue weighted by atomic mass is 16.5. The quantitative estimate of drug-likeness (QED) is 0.722. The molecule has 112 valence electrons. The van der Waals surface area contributed by atoms with Crippen LogP contribution in [0.3, 0.4) is 0 Å². The summed E-state index contributed by atoms with van der Waals surface area (Å²) < 4.78 is 5.51. The smallest absolute Gasteiger partial charge is 0.326 e. The first-order valence-corrected chi connectivity index (χ1v) is 6.74. The minimum Gasteiger partial charge on any atom is -0.493 e. The van der Waals surface area contributed by atoms with E-state index in [1.165, 1.54) is 6.08 Å². The van der Waals surface area contributed by atoms with Crippen LogP contribution in [0.2, 0.25) is 0 Å². The monoisotopic (exact) mass is 290 g/mol. The lowest BCUT2D eigenvalue weighted by Crippen LogP contribution is -2.47. The molecule has 0 aromatic heterocycles. The van der Waals surface area contributed by atoms with Crippen molar-refractivity contribution in [2.45, 2.75) is 24.9 Å². The van der Waals surface area contributed by atoms with Gasteiger partial charge in [-0.1, -0.05) is 24.3 Å². The van der Waals surface area contributed by atoms with Gasteiger partial charge in [0.1, 0.15) is 11.8 Å². The summed E-state index contributed by atoms with van der Waals surface area (Å²) >= 11 is 0. The van der Waals surface area contributed by atoms with E-state index in [9.17, 15) is 9.59 Å². The SMILES string of the molecule is C=CCC(NC(=O)NC1CCOc2ccccc21)C(=O)O. The van der Waals surface area contributed by atoms with Gasteiger partial charge in [-0.3, -0.25) is 0 Å². The third kappa shape index (κ3) is 3.75. The highest BCUT2D eigenvalue weighted by Gasteiger charge is 2.24. The number of para-hydroxylation sites is 1. The summed E-state index contributed by atoms with van der Waals surface area (Å²) in [6.07, 6.45) is 2.28. The van der Waals surface area contributed by atoms with E-state index >= 15 is 0 Å². The summed E-state index contributed by atoms with van der Waals surface area (Å²) in [5.74, 6) is -0.340. The standard InChI is InChI=1S/C15H18N2O4/c1-2-5-12(14(18)19)17-15(20)16-11-8-9-21-13-7-4-3-6-10(11)13/h2-4,6-7,11-12H,1,5,8-9H2,(H,18,19)(H2,16,17,20). The molecule has 21 heavy (non-hydrogen) atoms. The van der Waals surface area contributed by atoms with Gasteiger partial charge in [0, 0.05) is 12.0 Å². The summed E-state index contributed by atoms with van der Waals surface area (Å²) in [5.41, 5.74) is 0.898. The van der Waals surface area contributed by atoms with Gasteiger partial charge in [0.05, 0.1) is 12.6 Å². The number of carbonyl (C=O) groups is 2. The number of rotatable bonds is 5. The van der Waals surface area contributed by atoms with Gasteiger partial charge in [-0.15, -0.1) is 6.58 Å². The Hall–Kier alpha value is -2.50. The largest absolute Gasteiger partial charge is 0.493 e. The molecule has 6 nitrogen and oxygen atoms in total. The maximum Gasteiger partial charge on any atom is 0.326 e. The maximum absolute atomic E-state index is 12.0. The fourth-order valence-corrected chi connectivity index (χ4v) is 2.24. The van der Waals surface area contributed by atoms with Crippen LogP contribution in [0.1, 0.15) is 24.4 Å². The van der Waals surface area contributed by atoms with Gasteiger partial charge < -0.3 is 20.5 Å². The zero-order valence-corrected chi connectivity index (χ0v) is 11.5. The second-order valence-corrected chi connectivity index (χ2v) is 4.76. The topological polar surface area (TPSA) is 87.7 Å². The lowest BCUT2D eigenvalue weighted by Gasteiger charge is -2.27. The predicted octanol–water partition coefficient (Wildman–Crippen LogP) is 1.84. The second-order valence-electron chi connectivity index (χ2n) is 4.76. The van der Waals surface area contributed by atoms with Crippen molar-refractivity contribution in [3.63, 3.8) is 0 Å². The molecule has 0 spiro atoms. The first kappa shape index (κ1) is 14.9. The van der Waals surface area contributed by atoms with Crippen molar-refractivity contribution in [3.8, 4) is 5.75 Å². The number of fused-ring (bicyclic) bond motifs is 1. The number of nitrogens with one attached hydrogen (secondary N) is 2. The average molecular weight is 290 g/mol. The van der Waals surface area contributed by atoms with E-state index in [0.717, 1.165) is 11.3 Å². The Kier molecular flexibility index (Phi) is 4.81. The molecule has 1 aromatic rings. The number of carboxylic acid groups (broad SMARTS) is 1. The zero-order chi connectivity index (χ0) is 15.2. The Morgan fingerprint density at radius 3 is 2.95 bits per heavy atom. The Morgan fingerprint density at radius 1 is 1.48 bits per heavy atom. The van der Waals surface area contributed by atoms with Crippen molar-refractivity contribution >= 4 is 12.0 Å². The van der Waals surface area contributed by atoms with Gasteiger partial charge >= 0.3 is 12.0 Å². The Bertz CT molecular complexity index is 544. The molecule has 0 bridgehead atoms. The van der Waals surface area contributed by atoms with Gasteiger partial charge in [0.15, 0.2) is 0 Å². The summed E-state index contributed by atoms with van der Waals surface area (Å²) in [6.45, 7) is 3.99. The first-order valence-electron chi connectivity index (χ1n) is 6.74. The molecule has 1 aliphatic heterocycles. The molecule has 0 aliphatic carbocycles. The van der Waals surface area contributed by atoms with Crippen molar-refractivity contribution in [3.05, 3.63) is 42.5 Å². The molecule has 6 heteroatoms. The number of hydrogen-bond donors (Lipinski definition) is 3. The number of aliphatic carboxylic acids is 1. The van der Waals surface area contributed by atoms with Crippen LogP contribution >= 0.6 is 0 Å². The molecule has 1 heterocycles. The molecule has 2 atom stereocenters. The molecule has 2 amide bonds. The van der Waals surface area contributed by atoms with Crippen molar-refractivity contribution < 1.29 is 19.4 Å². The normalized spacial score (nSPS) is 17.8. The fourth-order valence-electron chi connectivity index (χ4n) is 2.24. The average Bonchev–Trinajstić information content (AvgIpc) is 2.47. The molecular formula is C15H18N2O4. The van der Waals surface area contributed by atoms with Crippen LogP contribution in [0, 0.1) is 0 Å². The van der Waals surface area contributed by atoms with Crippen LogP contribution in [0.15, 0.2) is 36.9 Å². The van der Waals surface area contributed by atoms with Gasteiger partial charge in [0.25, 0.3) is 0 Å². The number of hydrogen-bond acceptors (Lipinski definition) is 3. The minimum absolute atomic E-state index is 0.174. The summed E-state index contributed by atoms with van der Waals surface area (Å²) in [5, 5.41) is 14.2. The van der Waals surface area contributed by atoms with Crippen LogP contribution < -0.4 is 15.4 Å². The Balaban J connectivity index is 2.00. The van der Waals surface area contributed by atoms with Crippen LogP contribution in [0.25, 0.3) is 0 Å². The van der Waals surface area contributed by atoms with E-state index in [1.807, 2.05) is 24.3 Å². The van der Waals surface area contributed by atoms with Crippen molar-refractivity contribution in [1.82, 2.24) is 10.6 Å². The lowest BCUT2D eigenvalue weighted by molar-refractivity contribution is -0.139. The van der Waals surface area contributed by atoms with Gasteiger partial charge in [-0.2, -0.15) is 0 Å². The molecular weight excluding hydrogens is 272 g/mol. The van der Waals surface area contributed by atoms with Crippen LogP contribution in [-0.4, -0.2) is 29.8 Å². The summed E-state index contributed by atoms with van der Waals surface area (Å²) in [6, 6.07) is 5.80. The number of carboxylic acids is 1. The molecule has 1 aliphatic rings. The molecule has 2 rings (SSSR count). The molecule has 0 saturated carbocycles. The van der Waals surface area contributed by atoms with Crippen LogP contribution in [0.4, 0.5) is 4.79 Å². The molecule has 0 radical (unpaired) electrons. The van der Waals surface area contributed by atoms with E-state index in [4.69, 9.17) is 9.84 Å². The van der Waals surface area contributed by atoms with E-state index in [-0.39, 0.29) is 12.5 Å². The number of carbonyl (C=O) groups excluding carboxylic acids is 1. The van der Waals surface area contributed by atoms with E-state index in [2.05, 4.69) is 17.2 Å². The summed E-state index contributed by atoms with van der Waals surface area (Å²) in [7, 11) is 0. The van der Waals surface area contributed by atoms with Crippen LogP contribution in [0.5, 0.6) is 5.75 Å². The molecule has 3 N–H and O–H groups in total. The highest BCUT2D eigenvalue weighted by Crippen LogP contribution is 2.31. The highest BCUT2D eigenvalue weighted by molar-refractivity contribution is 5.82. The number of benzene rings is 1. The third-order valence-corrected chi connectivity index (χ3v) is 3.27. The van der Waals surface area contributed by atoms with Gasteiger partial charge in [-0.05, 0) is 12.5 Å². The zero-order valence-electron chi connectivity index (χ0n) is 11.5. The predicted molar refractivity (Wildman–Crippen MR) is 77.2 cm³/mol. The fraction of sp³-hybridized carbons (Fsp3) is 0.333. The number of amides is 2. The summed E-state index contributed by atoms with van der Waals surface area (Å²) in [4.78, 5) is 23.0. The molecule has 0 fully saturated rings. The minimum atomic E-state index is -1.09. The van der Waals surface area contributed by atoms with Crippen LogP contribution in [-0.2, 0) is 4.79 Å². The van der Waals surface area contributed by atoms with E-state index < -0.39 is 18.0 Å². The Labute approximate surface area is 122 Å². The first-order chi connectivity index (χ1) is 10.1. The van der Waals surface area contributed by atoms with Gasteiger partial charge in [-0.25, -0.2) is 9.59 Å². The molecule has 1 aromatic carbocycles. The number of ether oxygens (including phenoxy) is 1. The molecule has 0 saturated heterocycles. The maximum atomic E-state index is 12.0. The number of urea groups is 1. The molecule has 2 unspecified atom stereocenters. The second kappa shape index (κ2) is 6.78. The van der Waals surface area contributed by atoms with E-state index in [0.29, 0.717) is 13.0 Å². The third-order valence-electron chi connectivity index (χ3n) is 3.27. The van der Waals surface area contributed by atoms with E-state index in [1.54, 1.807) is 0 Å². The van der Waals surface area contributed by atoms with Crippen molar-refractivity contribution in [1.29, 1.82) is 0 Å². The Morgan fingerprint density at radius 2 is 2.24 bits per heavy atom. The van der Waals surface area contributed by atoms with Gasteiger partial charge in [0.2, 0.25) is 0 Å². The lowest BCUT2D eigenvalue weighted by atomic mass is 10.0. The van der Waals surface area contributed by atoms with Crippen molar-refractivity contribution in [2.75, 3.05) is 6.61 Å². The van der Waals surface area contributed by atoms with Crippen molar-refractivity contribution in [2.24, 2.45) is 0 Å².